The summed E-state index contributed by atoms with van der Waals surface area (Å²) in [6.45, 7) is 2.73. The van der Waals surface area contributed by atoms with Crippen molar-refractivity contribution >= 4 is 17.2 Å². The first kappa shape index (κ1) is 18.0. The van der Waals surface area contributed by atoms with Gasteiger partial charge in [-0.1, -0.05) is 18.2 Å². The minimum absolute atomic E-state index is 0.146. The zero-order valence-electron chi connectivity index (χ0n) is 14.2. The van der Waals surface area contributed by atoms with Gasteiger partial charge in [-0.05, 0) is 25.1 Å². The molecule has 0 radical (unpaired) electrons. The van der Waals surface area contributed by atoms with E-state index in [1.54, 1.807) is 24.4 Å². The van der Waals surface area contributed by atoms with Crippen LogP contribution in [0.25, 0.3) is 10.6 Å². The van der Waals surface area contributed by atoms with E-state index in [9.17, 15) is 9.18 Å². The van der Waals surface area contributed by atoms with Crippen molar-refractivity contribution in [3.63, 3.8) is 0 Å². The van der Waals surface area contributed by atoms with Crippen molar-refractivity contribution in [1.29, 1.82) is 0 Å². The minimum Gasteiger partial charge on any atom is -0.478 e. The molecule has 2 aromatic heterocycles. The van der Waals surface area contributed by atoms with Crippen LogP contribution in [-0.2, 0) is 17.8 Å². The van der Waals surface area contributed by atoms with Gasteiger partial charge in [0.1, 0.15) is 10.8 Å². The van der Waals surface area contributed by atoms with Crippen molar-refractivity contribution in [3.8, 4) is 16.5 Å². The minimum atomic E-state index is -0.307. The van der Waals surface area contributed by atoms with E-state index in [2.05, 4.69) is 15.3 Å². The normalized spacial score (nSPS) is 10.5. The Hall–Kier alpha value is -2.80. The maximum atomic E-state index is 13.3. The van der Waals surface area contributed by atoms with Crippen LogP contribution in [0.3, 0.4) is 0 Å². The fourth-order valence-electron chi connectivity index (χ4n) is 2.39. The number of nitrogens with one attached hydrogen (secondary N) is 1. The molecule has 134 valence electrons. The van der Waals surface area contributed by atoms with Gasteiger partial charge >= 0.3 is 0 Å². The summed E-state index contributed by atoms with van der Waals surface area (Å²) in [4.78, 5) is 20.8. The molecule has 1 amide bonds. The first-order valence-electron chi connectivity index (χ1n) is 8.19. The van der Waals surface area contributed by atoms with Crippen LogP contribution in [0.2, 0.25) is 0 Å². The number of benzene rings is 1. The van der Waals surface area contributed by atoms with E-state index in [4.69, 9.17) is 4.74 Å². The summed E-state index contributed by atoms with van der Waals surface area (Å²) in [6.07, 6.45) is 1.82. The third-order valence-electron chi connectivity index (χ3n) is 3.57. The highest BCUT2D eigenvalue weighted by Gasteiger charge is 2.11. The molecule has 3 rings (SSSR count). The van der Waals surface area contributed by atoms with Crippen LogP contribution in [-0.4, -0.2) is 22.5 Å². The van der Waals surface area contributed by atoms with E-state index < -0.39 is 0 Å². The largest absolute Gasteiger partial charge is 0.478 e. The molecule has 0 saturated carbocycles. The second-order valence-electron chi connectivity index (χ2n) is 5.51. The molecule has 0 atom stereocenters. The highest BCUT2D eigenvalue weighted by atomic mass is 32.1. The zero-order chi connectivity index (χ0) is 18.4. The predicted octanol–water partition coefficient (Wildman–Crippen LogP) is 3.60. The molecule has 5 nitrogen and oxygen atoms in total. The molecule has 0 saturated heterocycles. The third-order valence-corrected chi connectivity index (χ3v) is 4.51. The van der Waals surface area contributed by atoms with Gasteiger partial charge in [-0.25, -0.2) is 14.4 Å². The van der Waals surface area contributed by atoms with E-state index in [-0.39, 0.29) is 18.1 Å². The number of hydrogen-bond donors (Lipinski definition) is 1. The molecule has 0 fully saturated rings. The fourth-order valence-corrected chi connectivity index (χ4v) is 3.21. The topological polar surface area (TPSA) is 64.1 Å². The van der Waals surface area contributed by atoms with Crippen molar-refractivity contribution < 1.29 is 13.9 Å². The first-order valence-corrected chi connectivity index (χ1v) is 9.07. The lowest BCUT2D eigenvalue weighted by atomic mass is 10.2. The molecule has 7 heteroatoms. The molecule has 0 spiro atoms. The van der Waals surface area contributed by atoms with Gasteiger partial charge < -0.3 is 10.1 Å². The van der Waals surface area contributed by atoms with E-state index in [1.807, 2.05) is 18.4 Å². The van der Waals surface area contributed by atoms with Crippen LogP contribution in [0, 0.1) is 5.82 Å². The maximum absolute atomic E-state index is 13.3. The Balaban J connectivity index is 1.59. The SMILES string of the molecule is CCOc1ncccc1CNC(=O)Cc1csc(-c2cccc(F)c2)n1. The second-order valence-corrected chi connectivity index (χ2v) is 6.37. The Morgan fingerprint density at radius 2 is 2.19 bits per heavy atom. The summed E-state index contributed by atoms with van der Waals surface area (Å²) < 4.78 is 18.8. The summed E-state index contributed by atoms with van der Waals surface area (Å²) in [5.41, 5.74) is 2.18. The first-order chi connectivity index (χ1) is 12.7. The summed E-state index contributed by atoms with van der Waals surface area (Å²) in [6, 6.07) is 9.92. The van der Waals surface area contributed by atoms with Gasteiger partial charge in [0.2, 0.25) is 11.8 Å². The maximum Gasteiger partial charge on any atom is 0.226 e. The molecule has 0 unspecified atom stereocenters. The molecule has 0 aliphatic carbocycles. The van der Waals surface area contributed by atoms with Crippen LogP contribution in [0.1, 0.15) is 18.2 Å². The van der Waals surface area contributed by atoms with Crippen molar-refractivity contribution in [1.82, 2.24) is 15.3 Å². The number of nitrogens with zero attached hydrogens (tertiary/aromatic N) is 2. The van der Waals surface area contributed by atoms with Crippen LogP contribution >= 0.6 is 11.3 Å². The number of ether oxygens (including phenoxy) is 1. The number of aromatic nitrogens is 2. The molecule has 1 N–H and O–H groups in total. The monoisotopic (exact) mass is 371 g/mol. The number of pyridine rings is 1. The van der Waals surface area contributed by atoms with Crippen molar-refractivity contribution in [2.24, 2.45) is 0 Å². The lowest BCUT2D eigenvalue weighted by Crippen LogP contribution is -2.25. The van der Waals surface area contributed by atoms with Crippen molar-refractivity contribution in [2.75, 3.05) is 6.61 Å². The number of rotatable bonds is 7. The molecule has 0 bridgehead atoms. The smallest absolute Gasteiger partial charge is 0.226 e. The van der Waals surface area contributed by atoms with Gasteiger partial charge in [0.15, 0.2) is 0 Å². The molecule has 1 aromatic carbocycles. The van der Waals surface area contributed by atoms with Gasteiger partial charge in [-0.3, -0.25) is 4.79 Å². The number of amides is 1. The average molecular weight is 371 g/mol. The van der Waals surface area contributed by atoms with E-state index in [0.29, 0.717) is 35.3 Å². The number of carbonyl (C=O) groups is 1. The van der Waals surface area contributed by atoms with Crippen LogP contribution in [0.15, 0.2) is 48.0 Å². The Kier molecular flexibility index (Phi) is 5.91. The van der Waals surface area contributed by atoms with Crippen LogP contribution in [0.5, 0.6) is 5.88 Å². The Labute approximate surface area is 154 Å². The lowest BCUT2D eigenvalue weighted by Gasteiger charge is -2.09. The number of halogens is 1. The van der Waals surface area contributed by atoms with Gasteiger partial charge in [0.05, 0.1) is 18.7 Å². The zero-order valence-corrected chi connectivity index (χ0v) is 15.1. The van der Waals surface area contributed by atoms with E-state index >= 15 is 0 Å². The highest BCUT2D eigenvalue weighted by Crippen LogP contribution is 2.24. The van der Waals surface area contributed by atoms with Gasteiger partial charge in [-0.2, -0.15) is 0 Å². The molecule has 0 aliphatic rings. The summed E-state index contributed by atoms with van der Waals surface area (Å²) in [5, 5.41) is 5.36. The quantitative estimate of drug-likeness (QED) is 0.689. The fraction of sp³-hybridized carbons (Fsp3) is 0.211. The Bertz CT molecular complexity index is 898. The van der Waals surface area contributed by atoms with Crippen LogP contribution < -0.4 is 10.1 Å². The van der Waals surface area contributed by atoms with E-state index in [0.717, 1.165) is 5.56 Å². The molecule has 0 aliphatic heterocycles. The predicted molar refractivity (Wildman–Crippen MR) is 98.5 cm³/mol. The third kappa shape index (κ3) is 4.64. The molecule has 3 aromatic rings. The number of hydrogen-bond acceptors (Lipinski definition) is 5. The number of thiazole rings is 1. The van der Waals surface area contributed by atoms with Crippen molar-refractivity contribution in [2.45, 2.75) is 19.9 Å². The lowest BCUT2D eigenvalue weighted by molar-refractivity contribution is -0.120. The van der Waals surface area contributed by atoms with Crippen LogP contribution in [0.4, 0.5) is 4.39 Å². The molecule has 26 heavy (non-hydrogen) atoms. The van der Waals surface area contributed by atoms with Gasteiger partial charge in [-0.15, -0.1) is 11.3 Å². The molecular weight excluding hydrogens is 353 g/mol. The van der Waals surface area contributed by atoms with Gasteiger partial charge in [0.25, 0.3) is 0 Å². The average Bonchev–Trinajstić information content (AvgIpc) is 3.10. The standard InChI is InChI=1S/C19H18FN3O2S/c1-2-25-18-14(6-4-8-21-18)11-22-17(24)10-16-12-26-19(23-16)13-5-3-7-15(20)9-13/h3-9,12H,2,10-11H2,1H3,(H,22,24). The van der Waals surface area contributed by atoms with E-state index in [1.165, 1.54) is 23.5 Å². The summed E-state index contributed by atoms with van der Waals surface area (Å²) in [5.74, 6) is 0.0725. The second kappa shape index (κ2) is 8.53. The summed E-state index contributed by atoms with van der Waals surface area (Å²) >= 11 is 1.39. The highest BCUT2D eigenvalue weighted by molar-refractivity contribution is 7.13. The Morgan fingerprint density at radius 3 is 3.00 bits per heavy atom. The molecular formula is C19H18FN3O2S. The van der Waals surface area contributed by atoms with Crippen molar-refractivity contribution in [3.05, 3.63) is 65.0 Å². The Morgan fingerprint density at radius 1 is 1.31 bits per heavy atom. The molecule has 2 heterocycles. The van der Waals surface area contributed by atoms with Gasteiger partial charge in [0, 0.05) is 29.2 Å². The number of carbonyl (C=O) groups excluding carboxylic acids is 1. The summed E-state index contributed by atoms with van der Waals surface area (Å²) in [7, 11) is 0.